The van der Waals surface area contributed by atoms with Gasteiger partial charge in [0.25, 0.3) is 5.69 Å². The van der Waals surface area contributed by atoms with Crippen molar-refractivity contribution >= 4 is 28.1 Å². The number of nitrogens with zero attached hydrogens (tertiary/aromatic N) is 2. The molecule has 0 saturated carbocycles. The first kappa shape index (κ1) is 14.8. The maximum absolute atomic E-state index is 11.2. The number of hydrogen-bond donors (Lipinski definition) is 1. The molecule has 116 valence electrons. The van der Waals surface area contributed by atoms with Crippen molar-refractivity contribution in [1.82, 2.24) is 4.98 Å². The van der Waals surface area contributed by atoms with E-state index in [-0.39, 0.29) is 10.6 Å². The number of rotatable bonds is 4. The van der Waals surface area contributed by atoms with Crippen LogP contribution >= 0.6 is 0 Å². The Morgan fingerprint density at radius 2 is 1.91 bits per heavy atom. The van der Waals surface area contributed by atoms with E-state index in [0.717, 1.165) is 17.0 Å². The Morgan fingerprint density at radius 3 is 2.57 bits per heavy atom. The quantitative estimate of drug-likeness (QED) is 0.577. The van der Waals surface area contributed by atoms with Crippen molar-refractivity contribution in [2.24, 2.45) is 0 Å². The molecule has 0 bridgehead atoms. The van der Waals surface area contributed by atoms with Crippen LogP contribution in [0.25, 0.3) is 10.9 Å². The monoisotopic (exact) mass is 309 g/mol. The number of fused-ring (bicyclic) bond motifs is 1. The predicted molar refractivity (Wildman–Crippen MR) is 89.4 cm³/mol. The molecule has 0 aliphatic carbocycles. The Morgan fingerprint density at radius 1 is 1.17 bits per heavy atom. The molecular formula is C17H15N3O3. The molecule has 0 atom stereocenters. The van der Waals surface area contributed by atoms with Gasteiger partial charge in [0.2, 0.25) is 0 Å². The third kappa shape index (κ3) is 2.91. The summed E-state index contributed by atoms with van der Waals surface area (Å²) in [5, 5.41) is 14.9. The number of ether oxygens (including phenoxy) is 1. The molecule has 23 heavy (non-hydrogen) atoms. The van der Waals surface area contributed by atoms with Gasteiger partial charge >= 0.3 is 0 Å². The molecule has 3 aromatic rings. The van der Waals surface area contributed by atoms with Crippen molar-refractivity contribution in [3.8, 4) is 5.75 Å². The number of aryl methyl sites for hydroxylation is 1. The summed E-state index contributed by atoms with van der Waals surface area (Å²) in [6, 6.07) is 14.2. The fraction of sp³-hybridized carbons (Fsp3) is 0.118. The number of nitrogens with one attached hydrogen (secondary N) is 1. The van der Waals surface area contributed by atoms with Gasteiger partial charge < -0.3 is 10.1 Å². The van der Waals surface area contributed by atoms with Crippen molar-refractivity contribution in [3.63, 3.8) is 0 Å². The van der Waals surface area contributed by atoms with Crippen LogP contribution in [0, 0.1) is 17.0 Å². The van der Waals surface area contributed by atoms with Crippen LogP contribution in [0.4, 0.5) is 17.2 Å². The molecule has 2 aromatic carbocycles. The molecule has 0 fully saturated rings. The highest BCUT2D eigenvalue weighted by Crippen LogP contribution is 2.30. The van der Waals surface area contributed by atoms with E-state index in [2.05, 4.69) is 10.3 Å². The number of nitro benzene ring substituents is 1. The fourth-order valence-electron chi connectivity index (χ4n) is 2.50. The van der Waals surface area contributed by atoms with Gasteiger partial charge in [-0.15, -0.1) is 0 Å². The van der Waals surface area contributed by atoms with E-state index >= 15 is 0 Å². The molecule has 0 radical (unpaired) electrons. The second-order valence-electron chi connectivity index (χ2n) is 5.11. The molecule has 0 aliphatic rings. The minimum Gasteiger partial charge on any atom is -0.497 e. The first-order valence-corrected chi connectivity index (χ1v) is 7.04. The molecule has 1 aromatic heterocycles. The Hall–Kier alpha value is -3.15. The van der Waals surface area contributed by atoms with E-state index in [1.807, 2.05) is 31.2 Å². The minimum atomic E-state index is -0.381. The molecule has 1 heterocycles. The van der Waals surface area contributed by atoms with E-state index in [9.17, 15) is 10.1 Å². The second kappa shape index (κ2) is 5.92. The number of nitro groups is 1. The lowest BCUT2D eigenvalue weighted by molar-refractivity contribution is -0.383. The van der Waals surface area contributed by atoms with Crippen LogP contribution in [0.3, 0.4) is 0 Å². The zero-order chi connectivity index (χ0) is 16.4. The number of benzene rings is 2. The smallest absolute Gasteiger partial charge is 0.279 e. The van der Waals surface area contributed by atoms with E-state index in [4.69, 9.17) is 4.74 Å². The minimum absolute atomic E-state index is 0.0727. The summed E-state index contributed by atoms with van der Waals surface area (Å²) in [6.45, 7) is 1.84. The van der Waals surface area contributed by atoms with Gasteiger partial charge in [-0.3, -0.25) is 10.1 Å². The highest BCUT2D eigenvalue weighted by molar-refractivity contribution is 5.92. The summed E-state index contributed by atoms with van der Waals surface area (Å²) in [5.41, 5.74) is 2.33. The summed E-state index contributed by atoms with van der Waals surface area (Å²) in [6.07, 6.45) is 0. The van der Waals surface area contributed by atoms with Gasteiger partial charge in [0.1, 0.15) is 11.6 Å². The average molecular weight is 309 g/mol. The molecule has 0 saturated heterocycles. The summed E-state index contributed by atoms with van der Waals surface area (Å²) in [5.74, 6) is 1.41. The summed E-state index contributed by atoms with van der Waals surface area (Å²) < 4.78 is 5.12. The maximum atomic E-state index is 11.2. The van der Waals surface area contributed by atoms with Crippen LogP contribution in [0.2, 0.25) is 0 Å². The molecule has 0 spiro atoms. The van der Waals surface area contributed by atoms with Crippen LogP contribution in [0.15, 0.2) is 48.5 Å². The Bertz CT molecular complexity index is 876. The molecule has 6 nitrogen and oxygen atoms in total. The van der Waals surface area contributed by atoms with Gasteiger partial charge in [-0.1, -0.05) is 6.07 Å². The van der Waals surface area contributed by atoms with Gasteiger partial charge in [0.05, 0.1) is 22.9 Å². The Labute approximate surface area is 132 Å². The Balaban J connectivity index is 2.00. The predicted octanol–water partition coefficient (Wildman–Crippen LogP) is 4.20. The average Bonchev–Trinajstić information content (AvgIpc) is 2.55. The van der Waals surface area contributed by atoms with Crippen LogP contribution < -0.4 is 10.1 Å². The van der Waals surface area contributed by atoms with E-state index in [1.165, 1.54) is 6.07 Å². The third-order valence-corrected chi connectivity index (χ3v) is 3.57. The molecule has 1 N–H and O–H groups in total. The van der Waals surface area contributed by atoms with Gasteiger partial charge in [-0.25, -0.2) is 4.98 Å². The van der Waals surface area contributed by atoms with Crippen LogP contribution in [0.5, 0.6) is 5.75 Å². The molecule has 0 unspecified atom stereocenters. The molecule has 6 heteroatoms. The molecule has 0 aliphatic heterocycles. The normalized spacial score (nSPS) is 10.5. The maximum Gasteiger partial charge on any atom is 0.279 e. The topological polar surface area (TPSA) is 77.3 Å². The number of anilines is 2. The lowest BCUT2D eigenvalue weighted by atomic mass is 10.1. The highest BCUT2D eigenvalue weighted by Gasteiger charge is 2.15. The van der Waals surface area contributed by atoms with Gasteiger partial charge in [-0.05, 0) is 48.9 Å². The van der Waals surface area contributed by atoms with Gasteiger partial charge in [0.15, 0.2) is 0 Å². The van der Waals surface area contributed by atoms with Crippen molar-refractivity contribution in [2.45, 2.75) is 6.92 Å². The Kier molecular flexibility index (Phi) is 3.80. The second-order valence-corrected chi connectivity index (χ2v) is 5.11. The van der Waals surface area contributed by atoms with Crippen LogP contribution in [0.1, 0.15) is 5.56 Å². The van der Waals surface area contributed by atoms with Crippen molar-refractivity contribution in [3.05, 3.63) is 64.2 Å². The summed E-state index contributed by atoms with van der Waals surface area (Å²) >= 11 is 0. The van der Waals surface area contributed by atoms with Crippen molar-refractivity contribution < 1.29 is 9.66 Å². The molecular weight excluding hydrogens is 294 g/mol. The van der Waals surface area contributed by atoms with Crippen molar-refractivity contribution in [1.29, 1.82) is 0 Å². The lowest BCUT2D eigenvalue weighted by Crippen LogP contribution is -1.98. The standard InChI is InChI=1S/C17H15N3O3/c1-11-10-16(18-12-6-8-13(23-2)9-7-12)19-14-4-3-5-15(17(11)14)20(21)22/h3-10H,1-2H3,(H,18,19). The van der Waals surface area contributed by atoms with Crippen LogP contribution in [-0.2, 0) is 0 Å². The van der Waals surface area contributed by atoms with E-state index in [0.29, 0.717) is 16.7 Å². The molecule has 3 rings (SSSR count). The van der Waals surface area contributed by atoms with Gasteiger partial charge in [-0.2, -0.15) is 0 Å². The highest BCUT2D eigenvalue weighted by atomic mass is 16.6. The first-order chi connectivity index (χ1) is 11.1. The fourth-order valence-corrected chi connectivity index (χ4v) is 2.50. The number of non-ortho nitro benzene ring substituents is 1. The zero-order valence-electron chi connectivity index (χ0n) is 12.7. The summed E-state index contributed by atoms with van der Waals surface area (Å²) in [4.78, 5) is 15.2. The molecule has 0 amide bonds. The number of methoxy groups -OCH3 is 1. The van der Waals surface area contributed by atoms with Crippen LogP contribution in [-0.4, -0.2) is 17.0 Å². The number of aromatic nitrogens is 1. The summed E-state index contributed by atoms with van der Waals surface area (Å²) in [7, 11) is 1.61. The largest absolute Gasteiger partial charge is 0.497 e. The first-order valence-electron chi connectivity index (χ1n) is 7.04. The SMILES string of the molecule is COc1ccc(Nc2cc(C)c3c([N+](=O)[O-])cccc3n2)cc1. The third-order valence-electron chi connectivity index (χ3n) is 3.57. The number of pyridine rings is 1. The van der Waals surface area contributed by atoms with E-state index < -0.39 is 0 Å². The van der Waals surface area contributed by atoms with Gasteiger partial charge in [0, 0.05) is 11.8 Å². The lowest BCUT2D eigenvalue weighted by Gasteiger charge is -2.10. The number of hydrogen-bond acceptors (Lipinski definition) is 5. The zero-order valence-corrected chi connectivity index (χ0v) is 12.7. The van der Waals surface area contributed by atoms with E-state index in [1.54, 1.807) is 25.3 Å². The van der Waals surface area contributed by atoms with Crippen molar-refractivity contribution in [2.75, 3.05) is 12.4 Å².